The van der Waals surface area contributed by atoms with Crippen molar-refractivity contribution in [1.29, 1.82) is 0 Å². The molecule has 1 heterocycles. The van der Waals surface area contributed by atoms with Crippen molar-refractivity contribution in [2.24, 2.45) is 5.92 Å². The summed E-state index contributed by atoms with van der Waals surface area (Å²) in [6.07, 6.45) is 1.54. The van der Waals surface area contributed by atoms with Crippen molar-refractivity contribution in [1.82, 2.24) is 15.5 Å². The van der Waals surface area contributed by atoms with Gasteiger partial charge in [0.15, 0.2) is 0 Å². The van der Waals surface area contributed by atoms with Crippen LogP contribution in [0.4, 0.5) is 5.82 Å². The molecule has 0 aliphatic carbocycles. The molecule has 88 valence electrons. The van der Waals surface area contributed by atoms with Gasteiger partial charge >= 0.3 is 0 Å². The molecule has 0 aliphatic heterocycles. The van der Waals surface area contributed by atoms with E-state index >= 15 is 0 Å². The first-order valence-electron chi connectivity index (χ1n) is 5.08. The van der Waals surface area contributed by atoms with E-state index in [4.69, 9.17) is 0 Å². The Hall–Kier alpha value is -1.85. The Morgan fingerprint density at radius 1 is 1.44 bits per heavy atom. The molecule has 1 atom stereocenters. The third-order valence-electron chi connectivity index (χ3n) is 2.07. The lowest BCUT2D eigenvalue weighted by Gasteiger charge is -2.20. The van der Waals surface area contributed by atoms with Crippen molar-refractivity contribution in [3.05, 3.63) is 12.3 Å². The summed E-state index contributed by atoms with van der Waals surface area (Å²) in [5, 5.41) is 11.6. The maximum Gasteiger partial charge on any atom is 0.248 e. The number of rotatable bonds is 4. The number of hydrogen-bond donors (Lipinski definition) is 3. The summed E-state index contributed by atoms with van der Waals surface area (Å²) in [5.74, 6) is 0.0562. The van der Waals surface area contributed by atoms with Crippen LogP contribution in [0, 0.1) is 5.92 Å². The third kappa shape index (κ3) is 3.38. The molecule has 0 bridgehead atoms. The average molecular weight is 224 g/mol. The second-order valence-corrected chi connectivity index (χ2v) is 3.88. The lowest BCUT2D eigenvalue weighted by molar-refractivity contribution is -0.126. The smallest absolute Gasteiger partial charge is 0.248 e. The first-order valence-corrected chi connectivity index (χ1v) is 5.08. The Balaban J connectivity index is 2.64. The lowest BCUT2D eigenvalue weighted by atomic mass is 10.0. The molecule has 0 fully saturated rings. The van der Waals surface area contributed by atoms with Crippen LogP contribution in [0.3, 0.4) is 0 Å². The number of carbonyl (C=O) groups excluding carboxylic acids is 2. The third-order valence-corrected chi connectivity index (χ3v) is 2.07. The van der Waals surface area contributed by atoms with E-state index in [9.17, 15) is 9.59 Å². The van der Waals surface area contributed by atoms with E-state index in [-0.39, 0.29) is 17.7 Å². The minimum absolute atomic E-state index is 0.0202. The zero-order valence-corrected chi connectivity index (χ0v) is 9.57. The average Bonchev–Trinajstić information content (AvgIpc) is 2.65. The molecule has 0 spiro atoms. The fraction of sp³-hybridized carbons (Fsp3) is 0.500. The van der Waals surface area contributed by atoms with E-state index in [1.807, 2.05) is 13.8 Å². The molecule has 1 rings (SSSR count). The van der Waals surface area contributed by atoms with Crippen LogP contribution in [0.15, 0.2) is 12.3 Å². The largest absolute Gasteiger partial charge is 0.344 e. The number of nitrogens with zero attached hydrogens (tertiary/aromatic N) is 1. The van der Waals surface area contributed by atoms with Gasteiger partial charge in [-0.15, -0.1) is 0 Å². The van der Waals surface area contributed by atoms with E-state index in [0.29, 0.717) is 5.82 Å². The monoisotopic (exact) mass is 224 g/mol. The maximum absolute atomic E-state index is 11.8. The highest BCUT2D eigenvalue weighted by molar-refractivity contribution is 5.96. The van der Waals surface area contributed by atoms with Crippen LogP contribution in [0.2, 0.25) is 0 Å². The standard InChI is InChI=1S/C10H16N4O2/c1-6(2)9(12-7(3)15)10(16)13-8-4-5-11-14-8/h4-6,9H,1-3H3,(H,12,15)(H2,11,13,14,16). The van der Waals surface area contributed by atoms with Crippen LogP contribution >= 0.6 is 0 Å². The van der Waals surface area contributed by atoms with Crippen LogP contribution in [-0.2, 0) is 9.59 Å². The van der Waals surface area contributed by atoms with Crippen molar-refractivity contribution in [2.45, 2.75) is 26.8 Å². The molecule has 1 unspecified atom stereocenters. The first-order chi connectivity index (χ1) is 7.50. The lowest BCUT2D eigenvalue weighted by Crippen LogP contribution is -2.46. The fourth-order valence-electron chi connectivity index (χ4n) is 1.29. The Labute approximate surface area is 93.8 Å². The number of nitrogens with one attached hydrogen (secondary N) is 3. The topological polar surface area (TPSA) is 86.9 Å². The zero-order valence-electron chi connectivity index (χ0n) is 9.57. The highest BCUT2D eigenvalue weighted by Gasteiger charge is 2.23. The van der Waals surface area contributed by atoms with E-state index in [1.165, 1.54) is 6.92 Å². The molecule has 0 aromatic carbocycles. The second kappa shape index (κ2) is 5.29. The van der Waals surface area contributed by atoms with Gasteiger partial charge in [0.05, 0.1) is 6.20 Å². The SMILES string of the molecule is CC(=O)NC(C(=O)Nc1ccn[nH]1)C(C)C. The quantitative estimate of drug-likeness (QED) is 0.696. The van der Waals surface area contributed by atoms with Crippen molar-refractivity contribution in [2.75, 3.05) is 5.32 Å². The van der Waals surface area contributed by atoms with Crippen LogP contribution in [0.1, 0.15) is 20.8 Å². The molecule has 2 amide bonds. The highest BCUT2D eigenvalue weighted by Crippen LogP contribution is 2.06. The first kappa shape index (κ1) is 12.2. The molecule has 3 N–H and O–H groups in total. The molecule has 0 aliphatic rings. The summed E-state index contributed by atoms with van der Waals surface area (Å²) in [4.78, 5) is 22.8. The van der Waals surface area contributed by atoms with Gasteiger partial charge in [-0.1, -0.05) is 13.8 Å². The van der Waals surface area contributed by atoms with Gasteiger partial charge in [0.2, 0.25) is 11.8 Å². The van der Waals surface area contributed by atoms with Crippen molar-refractivity contribution < 1.29 is 9.59 Å². The van der Waals surface area contributed by atoms with Crippen LogP contribution in [0.5, 0.6) is 0 Å². The van der Waals surface area contributed by atoms with E-state index in [2.05, 4.69) is 20.8 Å². The summed E-state index contributed by atoms with van der Waals surface area (Å²) in [5.41, 5.74) is 0. The van der Waals surface area contributed by atoms with Gasteiger partial charge in [-0.3, -0.25) is 14.7 Å². The Bertz CT molecular complexity index is 359. The molecule has 1 aromatic heterocycles. The summed E-state index contributed by atoms with van der Waals surface area (Å²) in [6.45, 7) is 5.12. The molecule has 0 saturated carbocycles. The van der Waals surface area contributed by atoms with Crippen molar-refractivity contribution >= 4 is 17.6 Å². The molecule has 1 aromatic rings. The minimum atomic E-state index is -0.541. The predicted octanol–water partition coefficient (Wildman–Crippen LogP) is 0.509. The number of aromatic amines is 1. The Kier molecular flexibility index (Phi) is 4.04. The molecule has 0 saturated heterocycles. The maximum atomic E-state index is 11.8. The zero-order chi connectivity index (χ0) is 12.1. The number of carbonyl (C=O) groups is 2. The highest BCUT2D eigenvalue weighted by atomic mass is 16.2. The number of hydrogen-bond acceptors (Lipinski definition) is 3. The Morgan fingerprint density at radius 2 is 2.12 bits per heavy atom. The minimum Gasteiger partial charge on any atom is -0.344 e. The van der Waals surface area contributed by atoms with Crippen molar-refractivity contribution in [3.63, 3.8) is 0 Å². The van der Waals surface area contributed by atoms with Gasteiger partial charge in [-0.25, -0.2) is 0 Å². The fourth-order valence-corrected chi connectivity index (χ4v) is 1.29. The molecule has 16 heavy (non-hydrogen) atoms. The van der Waals surface area contributed by atoms with Crippen LogP contribution in [0.25, 0.3) is 0 Å². The van der Waals surface area contributed by atoms with Gasteiger partial charge in [0.1, 0.15) is 11.9 Å². The van der Waals surface area contributed by atoms with Gasteiger partial charge in [-0.05, 0) is 5.92 Å². The number of H-pyrrole nitrogens is 1. The number of amides is 2. The van der Waals surface area contributed by atoms with Gasteiger partial charge in [0, 0.05) is 13.0 Å². The predicted molar refractivity (Wildman–Crippen MR) is 59.7 cm³/mol. The number of aromatic nitrogens is 2. The Morgan fingerprint density at radius 3 is 2.56 bits per heavy atom. The molecule has 0 radical (unpaired) electrons. The summed E-state index contributed by atoms with van der Waals surface area (Å²) in [7, 11) is 0. The summed E-state index contributed by atoms with van der Waals surface area (Å²) in [6, 6.07) is 1.10. The van der Waals surface area contributed by atoms with Crippen LogP contribution < -0.4 is 10.6 Å². The number of anilines is 1. The van der Waals surface area contributed by atoms with Gasteiger partial charge in [0.25, 0.3) is 0 Å². The molecule has 6 nitrogen and oxygen atoms in total. The van der Waals surface area contributed by atoms with Crippen LogP contribution in [-0.4, -0.2) is 28.1 Å². The molecular formula is C10H16N4O2. The molecular weight excluding hydrogens is 208 g/mol. The summed E-state index contributed by atoms with van der Waals surface area (Å²) < 4.78 is 0. The molecule has 6 heteroatoms. The van der Waals surface area contributed by atoms with Gasteiger partial charge in [-0.2, -0.15) is 5.10 Å². The van der Waals surface area contributed by atoms with E-state index in [1.54, 1.807) is 12.3 Å². The normalized spacial score (nSPS) is 12.2. The van der Waals surface area contributed by atoms with E-state index in [0.717, 1.165) is 0 Å². The second-order valence-electron chi connectivity index (χ2n) is 3.88. The van der Waals surface area contributed by atoms with Crippen molar-refractivity contribution in [3.8, 4) is 0 Å². The summed E-state index contributed by atoms with van der Waals surface area (Å²) >= 11 is 0. The van der Waals surface area contributed by atoms with E-state index < -0.39 is 6.04 Å². The van der Waals surface area contributed by atoms with Gasteiger partial charge < -0.3 is 10.6 Å².